The highest BCUT2D eigenvalue weighted by Crippen LogP contribution is 2.23. The minimum Gasteiger partial charge on any atom is -0.377 e. The summed E-state index contributed by atoms with van der Waals surface area (Å²) in [6.45, 7) is 5.23. The quantitative estimate of drug-likeness (QED) is 0.792. The number of carbonyl (C=O) groups excluding carboxylic acids is 1. The number of benzene rings is 1. The summed E-state index contributed by atoms with van der Waals surface area (Å²) in [7, 11) is 0. The lowest BCUT2D eigenvalue weighted by molar-refractivity contribution is 0.0657. The SMILES string of the molecule is CC1CN(CC(=O)c2ccc3c(c2)CCC3)CCCO1. The van der Waals surface area contributed by atoms with Gasteiger partial charge in [-0.1, -0.05) is 12.1 Å². The summed E-state index contributed by atoms with van der Waals surface area (Å²) in [5, 5.41) is 0. The largest absolute Gasteiger partial charge is 0.377 e. The Labute approximate surface area is 120 Å². The molecule has 1 unspecified atom stereocenters. The minimum atomic E-state index is 0.227. The van der Waals surface area contributed by atoms with E-state index >= 15 is 0 Å². The summed E-state index contributed by atoms with van der Waals surface area (Å²) in [4.78, 5) is 14.7. The molecule has 1 aromatic carbocycles. The predicted molar refractivity (Wildman–Crippen MR) is 79.3 cm³/mol. The molecule has 1 aromatic rings. The molecule has 0 saturated carbocycles. The van der Waals surface area contributed by atoms with Crippen LogP contribution in [0.25, 0.3) is 0 Å². The molecular weight excluding hydrogens is 250 g/mol. The Hall–Kier alpha value is -1.19. The Morgan fingerprint density at radius 2 is 2.15 bits per heavy atom. The van der Waals surface area contributed by atoms with E-state index in [0.717, 1.165) is 38.1 Å². The number of aryl methyl sites for hydroxylation is 2. The van der Waals surface area contributed by atoms with Gasteiger partial charge in [0.05, 0.1) is 12.6 Å². The van der Waals surface area contributed by atoms with Crippen molar-refractivity contribution in [2.75, 3.05) is 26.2 Å². The van der Waals surface area contributed by atoms with Gasteiger partial charge in [-0.15, -0.1) is 0 Å². The summed E-state index contributed by atoms with van der Waals surface area (Å²) in [6, 6.07) is 6.26. The monoisotopic (exact) mass is 273 g/mol. The Balaban J connectivity index is 1.66. The number of Topliss-reactive ketones (excluding diaryl/α,β-unsaturated/α-hetero) is 1. The van der Waals surface area contributed by atoms with Crippen LogP contribution in [0.2, 0.25) is 0 Å². The van der Waals surface area contributed by atoms with E-state index in [2.05, 4.69) is 24.0 Å². The van der Waals surface area contributed by atoms with Crippen molar-refractivity contribution in [2.24, 2.45) is 0 Å². The molecule has 1 heterocycles. The van der Waals surface area contributed by atoms with E-state index in [4.69, 9.17) is 4.74 Å². The van der Waals surface area contributed by atoms with Gasteiger partial charge in [-0.2, -0.15) is 0 Å². The molecule has 2 aliphatic rings. The van der Waals surface area contributed by atoms with Crippen LogP contribution in [0.1, 0.15) is 41.3 Å². The van der Waals surface area contributed by atoms with Crippen molar-refractivity contribution in [1.82, 2.24) is 4.90 Å². The van der Waals surface area contributed by atoms with Crippen LogP contribution >= 0.6 is 0 Å². The van der Waals surface area contributed by atoms with E-state index in [9.17, 15) is 4.79 Å². The van der Waals surface area contributed by atoms with Crippen molar-refractivity contribution in [3.63, 3.8) is 0 Å². The van der Waals surface area contributed by atoms with E-state index in [0.29, 0.717) is 6.54 Å². The number of nitrogens with zero attached hydrogens (tertiary/aromatic N) is 1. The van der Waals surface area contributed by atoms with E-state index < -0.39 is 0 Å². The van der Waals surface area contributed by atoms with Crippen LogP contribution in [0, 0.1) is 0 Å². The first kappa shape index (κ1) is 13.8. The number of carbonyl (C=O) groups is 1. The van der Waals surface area contributed by atoms with Gasteiger partial charge in [0.2, 0.25) is 0 Å². The van der Waals surface area contributed by atoms with Crippen LogP contribution in [0.4, 0.5) is 0 Å². The second-order valence-corrected chi connectivity index (χ2v) is 6.03. The summed E-state index contributed by atoms with van der Waals surface area (Å²) < 4.78 is 5.63. The van der Waals surface area contributed by atoms with Gasteiger partial charge in [-0.05, 0) is 49.8 Å². The summed E-state index contributed by atoms with van der Waals surface area (Å²) in [5.74, 6) is 0.244. The maximum atomic E-state index is 12.4. The van der Waals surface area contributed by atoms with Crippen LogP contribution in [-0.4, -0.2) is 43.0 Å². The van der Waals surface area contributed by atoms with E-state index in [1.54, 1.807) is 0 Å². The van der Waals surface area contributed by atoms with E-state index in [1.807, 2.05) is 6.07 Å². The average molecular weight is 273 g/mol. The second kappa shape index (κ2) is 6.06. The zero-order valence-electron chi connectivity index (χ0n) is 12.2. The van der Waals surface area contributed by atoms with Crippen molar-refractivity contribution < 1.29 is 9.53 Å². The van der Waals surface area contributed by atoms with Gasteiger partial charge in [-0.3, -0.25) is 9.69 Å². The lowest BCUT2D eigenvalue weighted by Crippen LogP contribution is -2.34. The van der Waals surface area contributed by atoms with Gasteiger partial charge in [0.25, 0.3) is 0 Å². The first-order valence-corrected chi connectivity index (χ1v) is 7.71. The smallest absolute Gasteiger partial charge is 0.176 e. The van der Waals surface area contributed by atoms with Crippen LogP contribution in [0.3, 0.4) is 0 Å². The highest BCUT2D eigenvalue weighted by atomic mass is 16.5. The summed E-state index contributed by atoms with van der Waals surface area (Å²) in [6.07, 6.45) is 4.77. The molecule has 3 heteroatoms. The summed E-state index contributed by atoms with van der Waals surface area (Å²) >= 11 is 0. The predicted octanol–water partition coefficient (Wildman–Crippen LogP) is 2.47. The third-order valence-electron chi connectivity index (χ3n) is 4.32. The van der Waals surface area contributed by atoms with Crippen molar-refractivity contribution in [1.29, 1.82) is 0 Å². The number of ketones is 1. The number of fused-ring (bicyclic) bond motifs is 1. The molecule has 0 aromatic heterocycles. The molecule has 0 amide bonds. The number of ether oxygens (including phenoxy) is 1. The molecular formula is C17H23NO2. The third-order valence-corrected chi connectivity index (χ3v) is 4.32. The Kier molecular flexibility index (Phi) is 4.18. The lowest BCUT2D eigenvalue weighted by Gasteiger charge is -2.20. The fourth-order valence-corrected chi connectivity index (χ4v) is 3.26. The number of hydrogen-bond donors (Lipinski definition) is 0. The van der Waals surface area contributed by atoms with Gasteiger partial charge in [0.15, 0.2) is 5.78 Å². The zero-order valence-corrected chi connectivity index (χ0v) is 12.2. The average Bonchev–Trinajstić information content (AvgIpc) is 2.81. The van der Waals surface area contributed by atoms with E-state index in [1.165, 1.54) is 24.0 Å². The van der Waals surface area contributed by atoms with Crippen LogP contribution in [0.15, 0.2) is 18.2 Å². The third kappa shape index (κ3) is 3.10. The molecule has 0 spiro atoms. The van der Waals surface area contributed by atoms with Gasteiger partial charge < -0.3 is 4.74 Å². The van der Waals surface area contributed by atoms with Gasteiger partial charge in [0, 0.05) is 25.3 Å². The standard InChI is InChI=1S/C17H23NO2/c1-13-11-18(8-3-9-20-13)12-17(19)16-7-6-14-4-2-5-15(14)10-16/h6-7,10,13H,2-5,8-9,11-12H2,1H3. The van der Waals surface area contributed by atoms with Crippen LogP contribution in [-0.2, 0) is 17.6 Å². The minimum absolute atomic E-state index is 0.227. The molecule has 0 radical (unpaired) electrons. The van der Waals surface area contributed by atoms with Gasteiger partial charge in [0.1, 0.15) is 0 Å². The molecule has 108 valence electrons. The highest BCUT2D eigenvalue weighted by Gasteiger charge is 2.19. The first-order valence-electron chi connectivity index (χ1n) is 7.71. The maximum absolute atomic E-state index is 12.4. The molecule has 3 nitrogen and oxygen atoms in total. The maximum Gasteiger partial charge on any atom is 0.176 e. The second-order valence-electron chi connectivity index (χ2n) is 6.03. The highest BCUT2D eigenvalue weighted by molar-refractivity contribution is 5.97. The van der Waals surface area contributed by atoms with Crippen molar-refractivity contribution in [3.05, 3.63) is 34.9 Å². The Morgan fingerprint density at radius 3 is 3.05 bits per heavy atom. The molecule has 3 rings (SSSR count). The normalized spacial score (nSPS) is 23.4. The van der Waals surface area contributed by atoms with Crippen LogP contribution < -0.4 is 0 Å². The zero-order chi connectivity index (χ0) is 13.9. The molecule has 1 aliphatic heterocycles. The van der Waals surface area contributed by atoms with Crippen molar-refractivity contribution in [2.45, 2.75) is 38.7 Å². The number of rotatable bonds is 3. The molecule has 0 bridgehead atoms. The topological polar surface area (TPSA) is 29.5 Å². The fourth-order valence-electron chi connectivity index (χ4n) is 3.26. The van der Waals surface area contributed by atoms with Gasteiger partial charge in [-0.25, -0.2) is 0 Å². The molecule has 1 aliphatic carbocycles. The number of hydrogen-bond acceptors (Lipinski definition) is 3. The Bertz CT molecular complexity index is 498. The molecule has 20 heavy (non-hydrogen) atoms. The first-order chi connectivity index (χ1) is 9.72. The van der Waals surface area contributed by atoms with Crippen LogP contribution in [0.5, 0.6) is 0 Å². The molecule has 0 N–H and O–H groups in total. The lowest BCUT2D eigenvalue weighted by atomic mass is 10.0. The van der Waals surface area contributed by atoms with Crippen molar-refractivity contribution >= 4 is 5.78 Å². The summed E-state index contributed by atoms with van der Waals surface area (Å²) in [5.41, 5.74) is 3.69. The fraction of sp³-hybridized carbons (Fsp3) is 0.588. The molecule has 1 saturated heterocycles. The molecule has 1 atom stereocenters. The van der Waals surface area contributed by atoms with Crippen molar-refractivity contribution in [3.8, 4) is 0 Å². The van der Waals surface area contributed by atoms with E-state index in [-0.39, 0.29) is 11.9 Å². The van der Waals surface area contributed by atoms with Gasteiger partial charge >= 0.3 is 0 Å². The Morgan fingerprint density at radius 1 is 1.30 bits per heavy atom. The molecule has 1 fully saturated rings.